The van der Waals surface area contributed by atoms with E-state index in [1.54, 1.807) is 41.5 Å². The van der Waals surface area contributed by atoms with Gasteiger partial charge in [0.2, 0.25) is 5.91 Å². The summed E-state index contributed by atoms with van der Waals surface area (Å²) in [5.41, 5.74) is 0.581. The molecule has 0 saturated carbocycles. The first-order valence-corrected chi connectivity index (χ1v) is 10.3. The summed E-state index contributed by atoms with van der Waals surface area (Å²) in [6, 6.07) is 0. The number of amides is 2. The van der Waals surface area contributed by atoms with E-state index in [0.717, 1.165) is 12.8 Å². The molecule has 1 heterocycles. The minimum atomic E-state index is -0.527. The van der Waals surface area contributed by atoms with Crippen LogP contribution in [0.5, 0.6) is 0 Å². The summed E-state index contributed by atoms with van der Waals surface area (Å²) in [5, 5.41) is 2.73. The van der Waals surface area contributed by atoms with Crippen LogP contribution >= 0.6 is 0 Å². The minimum absolute atomic E-state index is 0.0468. The number of hydrogen-bond donors (Lipinski definition) is 1. The van der Waals surface area contributed by atoms with Crippen LogP contribution in [0.15, 0.2) is 98.5 Å². The lowest BCUT2D eigenvalue weighted by molar-refractivity contribution is -0.131. The van der Waals surface area contributed by atoms with Crippen molar-refractivity contribution in [1.82, 2.24) is 10.2 Å². The molecule has 31 heavy (non-hydrogen) atoms. The van der Waals surface area contributed by atoms with E-state index >= 15 is 0 Å². The van der Waals surface area contributed by atoms with Crippen LogP contribution in [0.3, 0.4) is 0 Å². The van der Waals surface area contributed by atoms with Gasteiger partial charge >= 0.3 is 0 Å². The number of rotatable bonds is 12. The topological polar surface area (TPSA) is 58.6 Å². The van der Waals surface area contributed by atoms with Crippen LogP contribution in [0, 0.1) is 0 Å². The van der Waals surface area contributed by atoms with E-state index < -0.39 is 5.54 Å². The first kappa shape index (κ1) is 25.9. The molecular formula is C26H34N2O3. The fourth-order valence-corrected chi connectivity index (χ4v) is 3.08. The van der Waals surface area contributed by atoms with Crippen molar-refractivity contribution in [3.05, 3.63) is 98.5 Å². The van der Waals surface area contributed by atoms with Crippen LogP contribution in [0.25, 0.3) is 0 Å². The molecule has 1 saturated heterocycles. The molecule has 0 radical (unpaired) electrons. The van der Waals surface area contributed by atoms with Crippen LogP contribution in [0.4, 0.5) is 0 Å². The number of allylic oxidation sites excluding steroid dienone is 8. The first-order chi connectivity index (χ1) is 14.8. The molecule has 1 rings (SSSR count). The van der Waals surface area contributed by atoms with Gasteiger partial charge in [0.05, 0.1) is 18.1 Å². The summed E-state index contributed by atoms with van der Waals surface area (Å²) in [5.74, 6) is -0.427. The number of nitrogens with one attached hydrogen (secondary N) is 1. The lowest BCUT2D eigenvalue weighted by Gasteiger charge is -2.39. The smallest absolute Gasteiger partial charge is 0.251 e. The molecule has 0 aromatic heterocycles. The third kappa shape index (κ3) is 8.60. The fraction of sp³-hybridized carbons (Fsp3) is 0.308. The van der Waals surface area contributed by atoms with Gasteiger partial charge in [-0.3, -0.25) is 9.59 Å². The van der Waals surface area contributed by atoms with E-state index in [1.807, 2.05) is 19.9 Å². The van der Waals surface area contributed by atoms with E-state index in [2.05, 4.69) is 31.6 Å². The average Bonchev–Trinajstić information content (AvgIpc) is 3.28. The number of carbonyl (C=O) groups is 2. The Morgan fingerprint density at radius 3 is 2.45 bits per heavy atom. The van der Waals surface area contributed by atoms with Gasteiger partial charge in [-0.2, -0.15) is 0 Å². The quantitative estimate of drug-likeness (QED) is 0.359. The molecule has 5 heteroatoms. The SMILES string of the molecule is C=C/C=C\C=C\N(C(=O)/C=C/C=C(\C=C)NC(=O)CC(=C)C=C)C(C)(C)C1CCCO1. The van der Waals surface area contributed by atoms with Crippen LogP contribution in [-0.4, -0.2) is 35.0 Å². The molecule has 1 unspecified atom stereocenters. The standard InChI is InChI=1S/C26H34N2O3/c1-7-10-11-12-18-28(26(5,6)23-16-14-19-31-23)25(30)17-13-15-22(9-3)27-24(29)20-21(4)8-2/h7-13,15,17-18,23H,1-4,14,16,19-20H2,5-6H3,(H,27,29)/b11-10-,17-13+,18-12+,22-15+. The van der Waals surface area contributed by atoms with Crippen molar-refractivity contribution in [3.8, 4) is 0 Å². The highest BCUT2D eigenvalue weighted by Gasteiger charge is 2.39. The van der Waals surface area contributed by atoms with Crippen molar-refractivity contribution in [3.63, 3.8) is 0 Å². The second-order valence-electron chi connectivity index (χ2n) is 7.60. The Morgan fingerprint density at radius 2 is 1.87 bits per heavy atom. The van der Waals surface area contributed by atoms with E-state index in [0.29, 0.717) is 17.9 Å². The molecule has 1 fully saturated rings. The Balaban J connectivity index is 2.98. The van der Waals surface area contributed by atoms with Gasteiger partial charge in [0.25, 0.3) is 5.91 Å². The number of nitrogens with zero attached hydrogens (tertiary/aromatic N) is 1. The molecule has 1 N–H and O–H groups in total. The molecule has 5 nitrogen and oxygen atoms in total. The molecule has 0 aromatic rings. The summed E-state index contributed by atoms with van der Waals surface area (Å²) in [6.45, 7) is 19.3. The van der Waals surface area contributed by atoms with Gasteiger partial charge in [-0.05, 0) is 50.5 Å². The number of hydrogen-bond acceptors (Lipinski definition) is 3. The van der Waals surface area contributed by atoms with Crippen molar-refractivity contribution >= 4 is 11.8 Å². The van der Waals surface area contributed by atoms with Crippen LogP contribution < -0.4 is 5.32 Å². The Kier molecular flexibility index (Phi) is 11.0. The zero-order chi connectivity index (χ0) is 23.3. The van der Waals surface area contributed by atoms with Crippen molar-refractivity contribution in [2.75, 3.05) is 6.61 Å². The summed E-state index contributed by atoms with van der Waals surface area (Å²) in [6.07, 6.45) is 18.5. The highest BCUT2D eigenvalue weighted by Crippen LogP contribution is 2.29. The Morgan fingerprint density at radius 1 is 1.13 bits per heavy atom. The first-order valence-electron chi connectivity index (χ1n) is 10.3. The molecule has 0 aliphatic carbocycles. The number of ether oxygens (including phenoxy) is 1. The molecule has 1 aliphatic heterocycles. The zero-order valence-electron chi connectivity index (χ0n) is 18.7. The molecule has 0 bridgehead atoms. The molecule has 2 amide bonds. The van der Waals surface area contributed by atoms with Gasteiger partial charge in [0, 0.05) is 24.6 Å². The Bertz CT molecular complexity index is 807. The van der Waals surface area contributed by atoms with E-state index in [4.69, 9.17) is 4.74 Å². The molecule has 0 spiro atoms. The fourth-order valence-electron chi connectivity index (χ4n) is 3.08. The third-order valence-electron chi connectivity index (χ3n) is 4.86. The van der Waals surface area contributed by atoms with Crippen LogP contribution in [0.1, 0.15) is 33.1 Å². The number of carbonyl (C=O) groups excluding carboxylic acids is 2. The highest BCUT2D eigenvalue weighted by molar-refractivity contribution is 5.89. The van der Waals surface area contributed by atoms with Crippen molar-refractivity contribution in [2.45, 2.75) is 44.8 Å². The maximum absolute atomic E-state index is 13.0. The lowest BCUT2D eigenvalue weighted by Crippen LogP contribution is -2.51. The minimum Gasteiger partial charge on any atom is -0.376 e. The monoisotopic (exact) mass is 422 g/mol. The van der Waals surface area contributed by atoms with Crippen molar-refractivity contribution in [2.24, 2.45) is 0 Å². The predicted octanol–water partition coefficient (Wildman–Crippen LogP) is 4.90. The van der Waals surface area contributed by atoms with Crippen LogP contribution in [-0.2, 0) is 14.3 Å². The summed E-state index contributed by atoms with van der Waals surface area (Å²) in [7, 11) is 0. The summed E-state index contributed by atoms with van der Waals surface area (Å²) in [4.78, 5) is 26.7. The third-order valence-corrected chi connectivity index (χ3v) is 4.86. The second-order valence-corrected chi connectivity index (χ2v) is 7.60. The summed E-state index contributed by atoms with van der Waals surface area (Å²) < 4.78 is 5.85. The molecule has 166 valence electrons. The second kappa shape index (κ2) is 13.2. The van der Waals surface area contributed by atoms with Gasteiger partial charge in [0.1, 0.15) is 0 Å². The van der Waals surface area contributed by atoms with Gasteiger partial charge in [-0.1, -0.05) is 56.7 Å². The van der Waals surface area contributed by atoms with Gasteiger partial charge in [-0.15, -0.1) is 0 Å². The lowest BCUT2D eigenvalue weighted by atomic mass is 9.92. The maximum atomic E-state index is 13.0. The zero-order valence-corrected chi connectivity index (χ0v) is 18.7. The average molecular weight is 423 g/mol. The Labute approximate surface area is 186 Å². The van der Waals surface area contributed by atoms with E-state index in [1.165, 1.54) is 18.2 Å². The molecule has 1 aliphatic rings. The molecule has 1 atom stereocenters. The normalized spacial score (nSPS) is 17.2. The van der Waals surface area contributed by atoms with Crippen molar-refractivity contribution in [1.29, 1.82) is 0 Å². The van der Waals surface area contributed by atoms with Gasteiger partial charge in [-0.25, -0.2) is 0 Å². The Hall–Kier alpha value is -3.18. The maximum Gasteiger partial charge on any atom is 0.251 e. The van der Waals surface area contributed by atoms with Crippen LogP contribution in [0.2, 0.25) is 0 Å². The van der Waals surface area contributed by atoms with Crippen molar-refractivity contribution < 1.29 is 14.3 Å². The van der Waals surface area contributed by atoms with Gasteiger partial charge < -0.3 is 15.0 Å². The van der Waals surface area contributed by atoms with Gasteiger partial charge in [0.15, 0.2) is 0 Å². The highest BCUT2D eigenvalue weighted by atomic mass is 16.5. The van der Waals surface area contributed by atoms with E-state index in [-0.39, 0.29) is 24.3 Å². The predicted molar refractivity (Wildman–Crippen MR) is 128 cm³/mol. The largest absolute Gasteiger partial charge is 0.376 e. The van der Waals surface area contributed by atoms with E-state index in [9.17, 15) is 9.59 Å². The molecular weight excluding hydrogens is 388 g/mol. The summed E-state index contributed by atoms with van der Waals surface area (Å²) >= 11 is 0. The molecule has 0 aromatic carbocycles.